The molecule has 0 radical (unpaired) electrons. The summed E-state index contributed by atoms with van der Waals surface area (Å²) in [6.07, 6.45) is 0.777. The third kappa shape index (κ3) is 1.82. The van der Waals surface area contributed by atoms with Gasteiger partial charge in [-0.15, -0.1) is 0 Å². The molecule has 1 aromatic rings. The average Bonchev–Trinajstić information content (AvgIpc) is 2.36. The van der Waals surface area contributed by atoms with E-state index in [-0.39, 0.29) is 17.2 Å². The lowest BCUT2D eigenvalue weighted by atomic mass is 9.74. The van der Waals surface area contributed by atoms with Crippen LogP contribution in [0.3, 0.4) is 0 Å². The first-order valence-electron chi connectivity index (χ1n) is 5.98. The topological polar surface area (TPSA) is 80.7 Å². The van der Waals surface area contributed by atoms with Gasteiger partial charge in [0, 0.05) is 0 Å². The fourth-order valence-electron chi connectivity index (χ4n) is 2.49. The standard InChI is InChI=1S/C13H16O5S/c1-9-7-8-13(9,12(14)15)19(16,17)11-5-3-10(18-2)4-6-11/h3-6,9H,7-8H2,1-2H3,(H,14,15). The second-order valence-electron chi connectivity index (χ2n) is 4.81. The lowest BCUT2D eigenvalue weighted by Gasteiger charge is -2.43. The maximum atomic E-state index is 12.6. The number of sulfone groups is 1. The van der Waals surface area contributed by atoms with E-state index in [9.17, 15) is 18.3 Å². The first kappa shape index (κ1) is 13.9. The van der Waals surface area contributed by atoms with Crippen molar-refractivity contribution in [2.45, 2.75) is 29.4 Å². The van der Waals surface area contributed by atoms with Crippen molar-refractivity contribution in [2.24, 2.45) is 5.92 Å². The Morgan fingerprint density at radius 3 is 2.26 bits per heavy atom. The van der Waals surface area contributed by atoms with Crippen molar-refractivity contribution in [3.63, 3.8) is 0 Å². The molecule has 0 aromatic heterocycles. The van der Waals surface area contributed by atoms with Gasteiger partial charge < -0.3 is 9.84 Å². The van der Waals surface area contributed by atoms with Crippen LogP contribution < -0.4 is 4.74 Å². The summed E-state index contributed by atoms with van der Waals surface area (Å²) < 4.78 is 28.4. The van der Waals surface area contributed by atoms with E-state index in [1.54, 1.807) is 6.92 Å². The zero-order valence-corrected chi connectivity index (χ0v) is 11.6. The SMILES string of the molecule is COc1ccc(S(=O)(=O)C2(C(=O)O)CCC2C)cc1. The van der Waals surface area contributed by atoms with Crippen LogP contribution in [0.15, 0.2) is 29.2 Å². The Labute approximate surface area is 112 Å². The minimum Gasteiger partial charge on any atom is -0.497 e. The van der Waals surface area contributed by atoms with Crippen molar-refractivity contribution in [3.05, 3.63) is 24.3 Å². The van der Waals surface area contributed by atoms with E-state index in [4.69, 9.17) is 4.74 Å². The number of carboxylic acid groups (broad SMARTS) is 1. The second kappa shape index (κ2) is 4.52. The molecule has 0 aliphatic heterocycles. The molecule has 1 aromatic carbocycles. The van der Waals surface area contributed by atoms with Crippen molar-refractivity contribution in [3.8, 4) is 5.75 Å². The average molecular weight is 284 g/mol. The normalized spacial score (nSPS) is 26.5. The highest BCUT2D eigenvalue weighted by atomic mass is 32.2. The molecule has 6 heteroatoms. The van der Waals surface area contributed by atoms with Gasteiger partial charge in [0.05, 0.1) is 12.0 Å². The van der Waals surface area contributed by atoms with Gasteiger partial charge >= 0.3 is 5.97 Å². The lowest BCUT2D eigenvalue weighted by Crippen LogP contribution is -2.58. The number of aliphatic carboxylic acids is 1. The summed E-state index contributed by atoms with van der Waals surface area (Å²) in [5.41, 5.74) is 0. The zero-order chi connectivity index (χ0) is 14.3. The fourth-order valence-corrected chi connectivity index (χ4v) is 4.67. The van der Waals surface area contributed by atoms with Crippen LogP contribution in [0, 0.1) is 5.92 Å². The van der Waals surface area contributed by atoms with Crippen LogP contribution in [0.25, 0.3) is 0 Å². The summed E-state index contributed by atoms with van der Waals surface area (Å²) in [6, 6.07) is 5.82. The summed E-state index contributed by atoms with van der Waals surface area (Å²) in [4.78, 5) is 11.5. The third-order valence-corrected chi connectivity index (χ3v) is 6.59. The molecule has 0 saturated heterocycles. The van der Waals surface area contributed by atoms with E-state index in [1.807, 2.05) is 0 Å². The van der Waals surface area contributed by atoms with E-state index in [2.05, 4.69) is 0 Å². The molecular weight excluding hydrogens is 268 g/mol. The Morgan fingerprint density at radius 2 is 1.95 bits per heavy atom. The molecule has 2 rings (SSSR count). The molecular formula is C13H16O5S. The Balaban J connectivity index is 2.49. The van der Waals surface area contributed by atoms with Gasteiger partial charge in [-0.25, -0.2) is 8.42 Å². The minimum atomic E-state index is -3.89. The summed E-state index contributed by atoms with van der Waals surface area (Å²) in [7, 11) is -2.41. The smallest absolute Gasteiger partial charge is 0.325 e. The molecule has 2 unspecified atom stereocenters. The second-order valence-corrected chi connectivity index (χ2v) is 7.02. The molecule has 1 aliphatic carbocycles. The van der Waals surface area contributed by atoms with Gasteiger partial charge in [0.1, 0.15) is 5.75 Å². The van der Waals surface area contributed by atoms with Gasteiger partial charge in [-0.2, -0.15) is 0 Å². The summed E-state index contributed by atoms with van der Waals surface area (Å²) >= 11 is 0. The number of hydrogen-bond donors (Lipinski definition) is 1. The van der Waals surface area contributed by atoms with Gasteiger partial charge in [0.25, 0.3) is 0 Å². The third-order valence-electron chi connectivity index (χ3n) is 3.96. The molecule has 0 amide bonds. The fraction of sp³-hybridized carbons (Fsp3) is 0.462. The first-order chi connectivity index (χ1) is 8.86. The summed E-state index contributed by atoms with van der Waals surface area (Å²) in [6.45, 7) is 1.67. The molecule has 19 heavy (non-hydrogen) atoms. The summed E-state index contributed by atoms with van der Waals surface area (Å²) in [5.74, 6) is -1.11. The van der Waals surface area contributed by atoms with Crippen LogP contribution in [0.5, 0.6) is 5.75 Å². The lowest BCUT2D eigenvalue weighted by molar-refractivity contribution is -0.144. The zero-order valence-electron chi connectivity index (χ0n) is 10.8. The van der Waals surface area contributed by atoms with Crippen LogP contribution in [-0.2, 0) is 14.6 Å². The Bertz CT molecular complexity index is 590. The van der Waals surface area contributed by atoms with Gasteiger partial charge in [-0.05, 0) is 43.0 Å². The van der Waals surface area contributed by atoms with E-state index >= 15 is 0 Å². The molecule has 104 valence electrons. The number of benzene rings is 1. The number of methoxy groups -OCH3 is 1. The molecule has 0 bridgehead atoms. The highest BCUT2D eigenvalue weighted by Crippen LogP contribution is 2.47. The molecule has 1 fully saturated rings. The highest BCUT2D eigenvalue weighted by molar-refractivity contribution is 7.93. The van der Waals surface area contributed by atoms with Crippen molar-refractivity contribution < 1.29 is 23.1 Å². The first-order valence-corrected chi connectivity index (χ1v) is 7.46. The van der Waals surface area contributed by atoms with Crippen LogP contribution in [-0.4, -0.2) is 31.4 Å². The Hall–Kier alpha value is -1.56. The molecule has 0 spiro atoms. The van der Waals surface area contributed by atoms with E-state index in [0.29, 0.717) is 12.2 Å². The van der Waals surface area contributed by atoms with Crippen molar-refractivity contribution >= 4 is 15.8 Å². The monoisotopic (exact) mass is 284 g/mol. The Morgan fingerprint density at radius 1 is 1.37 bits per heavy atom. The van der Waals surface area contributed by atoms with Gasteiger partial charge in [-0.3, -0.25) is 4.79 Å². The summed E-state index contributed by atoms with van der Waals surface area (Å²) in [5, 5.41) is 9.35. The number of hydrogen-bond acceptors (Lipinski definition) is 4. The number of ether oxygens (including phenoxy) is 1. The minimum absolute atomic E-state index is 0.0299. The predicted molar refractivity (Wildman–Crippen MR) is 68.9 cm³/mol. The highest BCUT2D eigenvalue weighted by Gasteiger charge is 2.60. The van der Waals surface area contributed by atoms with Crippen LogP contribution in [0.2, 0.25) is 0 Å². The molecule has 2 atom stereocenters. The van der Waals surface area contributed by atoms with Crippen LogP contribution >= 0.6 is 0 Å². The van der Waals surface area contributed by atoms with Crippen LogP contribution in [0.4, 0.5) is 0 Å². The van der Waals surface area contributed by atoms with Crippen LogP contribution in [0.1, 0.15) is 19.8 Å². The van der Waals surface area contributed by atoms with Gasteiger partial charge in [-0.1, -0.05) is 6.92 Å². The maximum Gasteiger partial charge on any atom is 0.325 e. The number of carboxylic acids is 1. The van der Waals surface area contributed by atoms with E-state index < -0.39 is 20.6 Å². The van der Waals surface area contributed by atoms with E-state index in [0.717, 1.165) is 0 Å². The molecule has 1 aliphatic rings. The largest absolute Gasteiger partial charge is 0.497 e. The Kier molecular flexibility index (Phi) is 3.30. The maximum absolute atomic E-state index is 12.6. The van der Waals surface area contributed by atoms with Crippen molar-refractivity contribution in [2.75, 3.05) is 7.11 Å². The molecule has 5 nitrogen and oxygen atoms in total. The molecule has 1 N–H and O–H groups in total. The van der Waals surface area contributed by atoms with E-state index in [1.165, 1.54) is 31.4 Å². The van der Waals surface area contributed by atoms with Gasteiger partial charge in [0.15, 0.2) is 14.6 Å². The van der Waals surface area contributed by atoms with Crippen molar-refractivity contribution in [1.82, 2.24) is 0 Å². The molecule has 1 saturated carbocycles. The van der Waals surface area contributed by atoms with Crippen molar-refractivity contribution in [1.29, 1.82) is 0 Å². The quantitative estimate of drug-likeness (QED) is 0.910. The van der Waals surface area contributed by atoms with Gasteiger partial charge in [0.2, 0.25) is 0 Å². The number of rotatable bonds is 4. The molecule has 0 heterocycles. The predicted octanol–water partition coefficient (Wildman–Crippen LogP) is 1.72. The number of carbonyl (C=O) groups is 1.